The highest BCUT2D eigenvalue weighted by atomic mass is 16.3. The highest BCUT2D eigenvalue weighted by Crippen LogP contribution is 2.26. The molecule has 4 aromatic heterocycles. The highest BCUT2D eigenvalue weighted by Gasteiger charge is 2.21. The van der Waals surface area contributed by atoms with Gasteiger partial charge in [-0.3, -0.25) is 9.78 Å². The van der Waals surface area contributed by atoms with Crippen LogP contribution < -0.4 is 0 Å². The molecule has 0 radical (unpaired) electrons. The van der Waals surface area contributed by atoms with Gasteiger partial charge in [-0.05, 0) is 43.7 Å². The van der Waals surface area contributed by atoms with Crippen molar-refractivity contribution in [3.8, 4) is 11.3 Å². The topological polar surface area (TPSA) is 77.1 Å². The molecule has 0 spiro atoms. The second-order valence-corrected chi connectivity index (χ2v) is 7.15. The standard InChI is InChI=1S/C23H25N5O2/c1-3-5-11-27(4-2)23(29)19-13-21(17-8-6-10-24-14-17)26-22-20(19)15-25-28(22)16-18-9-7-12-30-18/h6-10,12-15H,3-5,11,16H2,1-2H3. The molecule has 7 nitrogen and oxygen atoms in total. The van der Waals surface area contributed by atoms with Gasteiger partial charge in [0.25, 0.3) is 5.91 Å². The fourth-order valence-electron chi connectivity index (χ4n) is 3.48. The molecule has 4 rings (SSSR count). The summed E-state index contributed by atoms with van der Waals surface area (Å²) < 4.78 is 7.25. The van der Waals surface area contributed by atoms with Crippen molar-refractivity contribution >= 4 is 16.9 Å². The summed E-state index contributed by atoms with van der Waals surface area (Å²) in [4.78, 5) is 24.3. The normalized spacial score (nSPS) is 11.1. The average Bonchev–Trinajstić information content (AvgIpc) is 3.44. The third-order valence-electron chi connectivity index (χ3n) is 5.13. The van der Waals surface area contributed by atoms with Gasteiger partial charge in [0.15, 0.2) is 5.65 Å². The van der Waals surface area contributed by atoms with E-state index in [0.717, 1.165) is 36.1 Å². The molecule has 0 unspecified atom stereocenters. The minimum absolute atomic E-state index is 0.000962. The molecule has 154 valence electrons. The van der Waals surface area contributed by atoms with Crippen LogP contribution in [0, 0.1) is 0 Å². The Labute approximate surface area is 175 Å². The van der Waals surface area contributed by atoms with E-state index in [0.29, 0.717) is 30.0 Å². The molecule has 4 heterocycles. The summed E-state index contributed by atoms with van der Waals surface area (Å²) in [5.41, 5.74) is 2.83. The van der Waals surface area contributed by atoms with Gasteiger partial charge in [0.2, 0.25) is 0 Å². The monoisotopic (exact) mass is 403 g/mol. The fraction of sp³-hybridized carbons (Fsp3) is 0.304. The van der Waals surface area contributed by atoms with Gasteiger partial charge < -0.3 is 9.32 Å². The van der Waals surface area contributed by atoms with Crippen molar-refractivity contribution in [3.63, 3.8) is 0 Å². The number of unbranched alkanes of at least 4 members (excludes halogenated alkanes) is 1. The fourth-order valence-corrected chi connectivity index (χ4v) is 3.48. The number of carbonyl (C=O) groups excluding carboxylic acids is 1. The lowest BCUT2D eigenvalue weighted by Gasteiger charge is -2.21. The lowest BCUT2D eigenvalue weighted by atomic mass is 10.1. The Morgan fingerprint density at radius 1 is 1.20 bits per heavy atom. The number of aromatic nitrogens is 4. The predicted molar refractivity (Wildman–Crippen MR) is 115 cm³/mol. The number of nitrogens with zero attached hydrogens (tertiary/aromatic N) is 5. The van der Waals surface area contributed by atoms with Crippen LogP contribution in [0.5, 0.6) is 0 Å². The second kappa shape index (κ2) is 8.90. The van der Waals surface area contributed by atoms with Crippen molar-refractivity contribution in [1.82, 2.24) is 24.6 Å². The number of fused-ring (bicyclic) bond motifs is 1. The Morgan fingerprint density at radius 3 is 2.80 bits per heavy atom. The number of hydrogen-bond acceptors (Lipinski definition) is 5. The molecular weight excluding hydrogens is 378 g/mol. The molecule has 0 aliphatic heterocycles. The molecule has 0 aliphatic rings. The molecule has 0 bridgehead atoms. The van der Waals surface area contributed by atoms with E-state index in [-0.39, 0.29) is 5.91 Å². The van der Waals surface area contributed by atoms with E-state index in [2.05, 4.69) is 17.0 Å². The van der Waals surface area contributed by atoms with Gasteiger partial charge in [-0.25, -0.2) is 9.67 Å². The van der Waals surface area contributed by atoms with Crippen molar-refractivity contribution in [1.29, 1.82) is 0 Å². The van der Waals surface area contributed by atoms with Crippen LogP contribution in [-0.2, 0) is 6.54 Å². The van der Waals surface area contributed by atoms with E-state index in [1.54, 1.807) is 29.5 Å². The minimum Gasteiger partial charge on any atom is -0.467 e. The van der Waals surface area contributed by atoms with Crippen LogP contribution in [0.3, 0.4) is 0 Å². The highest BCUT2D eigenvalue weighted by molar-refractivity contribution is 6.06. The van der Waals surface area contributed by atoms with E-state index < -0.39 is 0 Å². The van der Waals surface area contributed by atoms with Crippen molar-refractivity contribution in [3.05, 3.63) is 66.5 Å². The number of hydrogen-bond donors (Lipinski definition) is 0. The molecule has 1 amide bonds. The second-order valence-electron chi connectivity index (χ2n) is 7.15. The Kier molecular flexibility index (Phi) is 5.88. The first kappa shape index (κ1) is 19.8. The maximum atomic E-state index is 13.4. The van der Waals surface area contributed by atoms with Gasteiger partial charge in [0.05, 0.1) is 29.1 Å². The van der Waals surface area contributed by atoms with Gasteiger partial charge >= 0.3 is 0 Å². The van der Waals surface area contributed by atoms with Crippen molar-refractivity contribution in [2.24, 2.45) is 0 Å². The molecule has 0 aliphatic carbocycles. The molecule has 0 fully saturated rings. The Balaban J connectivity index is 1.83. The van der Waals surface area contributed by atoms with Crippen molar-refractivity contribution in [2.75, 3.05) is 13.1 Å². The SMILES string of the molecule is CCCCN(CC)C(=O)c1cc(-c2cccnc2)nc2c1cnn2Cc1ccco1. The van der Waals surface area contributed by atoms with Crippen LogP contribution in [0.2, 0.25) is 0 Å². The molecule has 0 atom stereocenters. The maximum Gasteiger partial charge on any atom is 0.254 e. The zero-order chi connectivity index (χ0) is 20.9. The first-order valence-electron chi connectivity index (χ1n) is 10.3. The summed E-state index contributed by atoms with van der Waals surface area (Å²) in [6.45, 7) is 5.97. The quantitative estimate of drug-likeness (QED) is 0.436. The molecular formula is C23H25N5O2. The number of pyridine rings is 2. The summed E-state index contributed by atoms with van der Waals surface area (Å²) in [6, 6.07) is 9.40. The minimum atomic E-state index is 0.000962. The van der Waals surface area contributed by atoms with Crippen LogP contribution in [0.15, 0.2) is 59.6 Å². The maximum absolute atomic E-state index is 13.4. The lowest BCUT2D eigenvalue weighted by molar-refractivity contribution is 0.0764. The van der Waals surface area contributed by atoms with Crippen LogP contribution in [0.25, 0.3) is 22.3 Å². The number of carbonyl (C=O) groups is 1. The zero-order valence-corrected chi connectivity index (χ0v) is 17.3. The van der Waals surface area contributed by atoms with E-state index in [9.17, 15) is 4.79 Å². The molecule has 0 N–H and O–H groups in total. The number of amides is 1. The third kappa shape index (κ3) is 3.96. The van der Waals surface area contributed by atoms with E-state index in [4.69, 9.17) is 9.40 Å². The molecule has 4 aromatic rings. The van der Waals surface area contributed by atoms with Gasteiger partial charge in [-0.15, -0.1) is 0 Å². The van der Waals surface area contributed by atoms with Crippen molar-refractivity contribution in [2.45, 2.75) is 33.2 Å². The Morgan fingerprint density at radius 2 is 2.10 bits per heavy atom. The Bertz CT molecular complexity index is 1120. The smallest absolute Gasteiger partial charge is 0.254 e. The molecule has 7 heteroatoms. The zero-order valence-electron chi connectivity index (χ0n) is 17.3. The van der Waals surface area contributed by atoms with Crippen LogP contribution in [0.1, 0.15) is 42.8 Å². The predicted octanol–water partition coefficient (Wildman–Crippen LogP) is 4.40. The van der Waals surface area contributed by atoms with Gasteiger partial charge in [0.1, 0.15) is 12.3 Å². The first-order valence-corrected chi connectivity index (χ1v) is 10.3. The number of rotatable bonds is 8. The molecule has 30 heavy (non-hydrogen) atoms. The van der Waals surface area contributed by atoms with Gasteiger partial charge in [-0.2, -0.15) is 5.10 Å². The van der Waals surface area contributed by atoms with Crippen LogP contribution in [0.4, 0.5) is 0 Å². The average molecular weight is 403 g/mol. The molecule has 0 aromatic carbocycles. The summed E-state index contributed by atoms with van der Waals surface area (Å²) in [5.74, 6) is 0.778. The molecule has 0 saturated carbocycles. The summed E-state index contributed by atoms with van der Waals surface area (Å²) >= 11 is 0. The van der Waals surface area contributed by atoms with Crippen LogP contribution in [-0.4, -0.2) is 43.6 Å². The molecule has 0 saturated heterocycles. The van der Waals surface area contributed by atoms with Gasteiger partial charge in [0, 0.05) is 31.0 Å². The largest absolute Gasteiger partial charge is 0.467 e. The number of furan rings is 1. The van der Waals surface area contributed by atoms with E-state index >= 15 is 0 Å². The van der Waals surface area contributed by atoms with Crippen molar-refractivity contribution < 1.29 is 9.21 Å². The Hall–Kier alpha value is -3.48. The van der Waals surface area contributed by atoms with E-state index in [1.807, 2.05) is 42.2 Å². The first-order chi connectivity index (χ1) is 14.7. The summed E-state index contributed by atoms with van der Waals surface area (Å²) in [6.07, 6.45) is 8.85. The summed E-state index contributed by atoms with van der Waals surface area (Å²) in [7, 11) is 0. The summed E-state index contributed by atoms with van der Waals surface area (Å²) in [5, 5.41) is 5.25. The third-order valence-corrected chi connectivity index (χ3v) is 5.13. The van der Waals surface area contributed by atoms with Crippen LogP contribution >= 0.6 is 0 Å². The van der Waals surface area contributed by atoms with E-state index in [1.165, 1.54) is 0 Å². The lowest BCUT2D eigenvalue weighted by Crippen LogP contribution is -2.32. The van der Waals surface area contributed by atoms with Gasteiger partial charge in [-0.1, -0.05) is 13.3 Å².